The van der Waals surface area contributed by atoms with Crippen LogP contribution in [0.15, 0.2) is 158 Å². The third-order valence-corrected chi connectivity index (χ3v) is 13.5. The Morgan fingerprint density at radius 3 is 2.04 bits per heavy atom. The maximum atomic E-state index is 4.33. The quantitative estimate of drug-likeness (QED) is 0.181. The molecule has 1 heterocycles. The molecule has 12 rings (SSSR count). The highest BCUT2D eigenvalue weighted by atomic mass is 15.1. The van der Waals surface area contributed by atoms with Crippen LogP contribution in [-0.4, -0.2) is 4.98 Å². The molecule has 0 radical (unpaired) electrons. The van der Waals surface area contributed by atoms with Gasteiger partial charge >= 0.3 is 0 Å². The number of pyridine rings is 1. The van der Waals surface area contributed by atoms with Crippen LogP contribution in [0, 0.1) is 23.7 Å². The lowest BCUT2D eigenvalue weighted by molar-refractivity contribution is 0.0621. The predicted molar refractivity (Wildman–Crippen MR) is 215 cm³/mol. The molecule has 4 fully saturated rings. The van der Waals surface area contributed by atoms with Crippen LogP contribution in [-0.2, 0) is 5.41 Å². The predicted octanol–water partition coefficient (Wildman–Crippen LogP) is 13.2. The van der Waals surface area contributed by atoms with Crippen LogP contribution in [0.5, 0.6) is 0 Å². The second-order valence-electron chi connectivity index (χ2n) is 15.9. The number of rotatable bonds is 5. The van der Waals surface area contributed by atoms with Gasteiger partial charge in [0.15, 0.2) is 0 Å². The fourth-order valence-electron chi connectivity index (χ4n) is 11.6. The first-order valence-corrected chi connectivity index (χ1v) is 19.4. The Bertz CT molecular complexity index is 2440. The summed E-state index contributed by atoms with van der Waals surface area (Å²) >= 11 is 0. The molecule has 252 valence electrons. The van der Waals surface area contributed by atoms with E-state index < -0.39 is 0 Å². The van der Waals surface area contributed by atoms with Gasteiger partial charge in [-0.25, -0.2) is 0 Å². The summed E-state index contributed by atoms with van der Waals surface area (Å²) in [5.74, 6) is 3.11. The van der Waals surface area contributed by atoms with E-state index in [1.807, 2.05) is 12.4 Å². The fourth-order valence-corrected chi connectivity index (χ4v) is 11.6. The van der Waals surface area contributed by atoms with Gasteiger partial charge in [-0.1, -0.05) is 116 Å². The summed E-state index contributed by atoms with van der Waals surface area (Å²) in [6.45, 7) is 0. The summed E-state index contributed by atoms with van der Waals surface area (Å²) < 4.78 is 0. The van der Waals surface area contributed by atoms with E-state index in [1.54, 1.807) is 11.1 Å². The van der Waals surface area contributed by atoms with Gasteiger partial charge in [0.2, 0.25) is 0 Å². The summed E-state index contributed by atoms with van der Waals surface area (Å²) in [5, 5.41) is 2.52. The van der Waals surface area contributed by atoms with Gasteiger partial charge in [-0.2, -0.15) is 0 Å². The molecule has 2 heteroatoms. The number of nitrogens with zero attached hydrogens (tertiary/aromatic N) is 2. The molecule has 2 nitrogen and oxygen atoms in total. The van der Waals surface area contributed by atoms with Crippen molar-refractivity contribution < 1.29 is 0 Å². The van der Waals surface area contributed by atoms with Crippen molar-refractivity contribution >= 4 is 27.8 Å². The van der Waals surface area contributed by atoms with Crippen molar-refractivity contribution in [1.82, 2.24) is 4.98 Å². The number of aromatic nitrogens is 1. The van der Waals surface area contributed by atoms with Crippen molar-refractivity contribution in [3.8, 4) is 33.4 Å². The van der Waals surface area contributed by atoms with Crippen molar-refractivity contribution in [2.75, 3.05) is 4.90 Å². The van der Waals surface area contributed by atoms with Gasteiger partial charge in [-0.3, -0.25) is 4.98 Å². The monoisotopic (exact) mass is 670 g/mol. The van der Waals surface area contributed by atoms with Crippen LogP contribution in [0.4, 0.5) is 17.1 Å². The van der Waals surface area contributed by atoms with Crippen LogP contribution in [0.1, 0.15) is 49.7 Å². The third kappa shape index (κ3) is 4.40. The van der Waals surface area contributed by atoms with Crippen molar-refractivity contribution in [2.24, 2.45) is 23.7 Å². The largest absolute Gasteiger partial charge is 0.310 e. The van der Waals surface area contributed by atoms with Crippen LogP contribution >= 0.6 is 0 Å². The molecule has 5 atom stereocenters. The van der Waals surface area contributed by atoms with Gasteiger partial charge in [-0.05, 0) is 142 Å². The number of benzene rings is 6. The Kier molecular flexibility index (Phi) is 6.84. The highest BCUT2D eigenvalue weighted by Crippen LogP contribution is 2.69. The Morgan fingerprint density at radius 1 is 0.462 bits per heavy atom. The summed E-state index contributed by atoms with van der Waals surface area (Å²) in [5.41, 5.74) is 14.8. The summed E-state index contributed by atoms with van der Waals surface area (Å²) in [7, 11) is 0. The lowest BCUT2D eigenvalue weighted by Crippen LogP contribution is -2.48. The van der Waals surface area contributed by atoms with Crippen molar-refractivity contribution in [3.05, 3.63) is 169 Å². The molecule has 0 aliphatic heterocycles. The molecule has 1 aromatic heterocycles. The Hall–Kier alpha value is -5.47. The summed E-state index contributed by atoms with van der Waals surface area (Å²) in [6.07, 6.45) is 12.1. The minimum Gasteiger partial charge on any atom is -0.310 e. The maximum absolute atomic E-state index is 4.33. The molecule has 5 aliphatic rings. The molecule has 5 aliphatic carbocycles. The zero-order valence-corrected chi connectivity index (χ0v) is 29.5. The van der Waals surface area contributed by atoms with E-state index in [2.05, 4.69) is 155 Å². The van der Waals surface area contributed by atoms with E-state index in [-0.39, 0.29) is 5.41 Å². The normalized spacial score (nSPS) is 23.8. The van der Waals surface area contributed by atoms with Crippen molar-refractivity contribution in [1.29, 1.82) is 0 Å². The molecule has 7 aromatic rings. The molecule has 0 N–H and O–H groups in total. The molecule has 1 spiro atoms. The topological polar surface area (TPSA) is 16.1 Å². The van der Waals surface area contributed by atoms with Gasteiger partial charge in [0.05, 0.1) is 11.4 Å². The third-order valence-electron chi connectivity index (χ3n) is 13.5. The SMILES string of the molecule is c1ccc(-c2ccc(N(c3cccc4c3C3(c5ccccc5-4)C4CCC5CC(C4)CC3C5)c3ccc(-c4ccncc4)c4ccccc34)cc2)cc1. The van der Waals surface area contributed by atoms with E-state index in [1.165, 1.54) is 99.7 Å². The van der Waals surface area contributed by atoms with Gasteiger partial charge in [0.25, 0.3) is 0 Å². The fraction of sp³-hybridized carbons (Fsp3) is 0.220. The molecular weight excluding hydrogens is 629 g/mol. The zero-order valence-electron chi connectivity index (χ0n) is 29.5. The van der Waals surface area contributed by atoms with E-state index in [0.29, 0.717) is 11.8 Å². The lowest BCUT2D eigenvalue weighted by Gasteiger charge is -2.53. The van der Waals surface area contributed by atoms with Gasteiger partial charge in [0.1, 0.15) is 0 Å². The number of hydrogen-bond donors (Lipinski definition) is 0. The zero-order chi connectivity index (χ0) is 34.2. The second kappa shape index (κ2) is 11.8. The lowest BCUT2D eigenvalue weighted by atomic mass is 9.50. The average molecular weight is 671 g/mol. The first kappa shape index (κ1) is 30.2. The smallest absolute Gasteiger partial charge is 0.0540 e. The minimum atomic E-state index is 0.0310. The Balaban J connectivity index is 1.19. The molecular formula is C50H42N2. The van der Waals surface area contributed by atoms with Crippen molar-refractivity contribution in [3.63, 3.8) is 0 Å². The van der Waals surface area contributed by atoms with Crippen LogP contribution < -0.4 is 4.90 Å². The van der Waals surface area contributed by atoms with E-state index >= 15 is 0 Å². The van der Waals surface area contributed by atoms with Gasteiger partial charge in [-0.15, -0.1) is 0 Å². The van der Waals surface area contributed by atoms with Crippen LogP contribution in [0.25, 0.3) is 44.2 Å². The summed E-state index contributed by atoms with van der Waals surface area (Å²) in [4.78, 5) is 6.95. The number of hydrogen-bond acceptors (Lipinski definition) is 2. The molecule has 4 saturated carbocycles. The van der Waals surface area contributed by atoms with E-state index in [4.69, 9.17) is 0 Å². The van der Waals surface area contributed by atoms with Crippen molar-refractivity contribution in [2.45, 2.75) is 43.9 Å². The number of fused-ring (bicyclic) bond motifs is 5. The first-order chi connectivity index (χ1) is 25.8. The van der Waals surface area contributed by atoms with Crippen LogP contribution in [0.2, 0.25) is 0 Å². The standard InChI is InChI=1S/C50H42N2/c1-2-9-35(10-3-1)36-18-21-40(22-19-36)52(47-24-23-41(37-25-27-51-28-26-37)42-11-4-5-13-44(42)47)48-16-8-14-45-43-12-6-7-15-46(43)50(49(45)48)38-20-17-33-29-34(31-38)32-39(50)30-33/h1-16,18-19,21-28,33-34,38-39H,17,20,29-32H2. The maximum Gasteiger partial charge on any atom is 0.0540 e. The summed E-state index contributed by atoms with van der Waals surface area (Å²) in [6, 6.07) is 54.8. The second-order valence-corrected chi connectivity index (χ2v) is 15.9. The van der Waals surface area contributed by atoms with Crippen LogP contribution in [0.3, 0.4) is 0 Å². The molecule has 0 saturated heterocycles. The average Bonchev–Trinajstić information content (AvgIpc) is 3.36. The van der Waals surface area contributed by atoms with Gasteiger partial charge < -0.3 is 4.90 Å². The number of anilines is 3. The molecule has 0 amide bonds. The Morgan fingerprint density at radius 2 is 1.17 bits per heavy atom. The van der Waals surface area contributed by atoms with E-state index in [0.717, 1.165) is 11.8 Å². The highest BCUT2D eigenvalue weighted by Gasteiger charge is 2.60. The van der Waals surface area contributed by atoms with E-state index in [9.17, 15) is 0 Å². The van der Waals surface area contributed by atoms with Gasteiger partial charge in [0, 0.05) is 28.9 Å². The first-order valence-electron chi connectivity index (χ1n) is 19.4. The highest BCUT2D eigenvalue weighted by molar-refractivity contribution is 6.07. The molecule has 5 unspecified atom stereocenters. The Labute approximate surface area is 306 Å². The molecule has 6 aromatic carbocycles. The molecule has 52 heavy (non-hydrogen) atoms. The minimum absolute atomic E-state index is 0.0310. The molecule has 4 bridgehead atoms.